The number of aromatic nitrogens is 6. The van der Waals surface area contributed by atoms with E-state index in [0.717, 1.165) is 16.8 Å². The molecule has 32 heavy (non-hydrogen) atoms. The first-order chi connectivity index (χ1) is 15.3. The molecule has 4 aromatic rings. The van der Waals surface area contributed by atoms with E-state index in [9.17, 15) is 22.8 Å². The molecule has 0 saturated heterocycles. The molecular weight excluding hydrogens is 451 g/mol. The van der Waals surface area contributed by atoms with Gasteiger partial charge in [-0.05, 0) is 30.7 Å². The summed E-state index contributed by atoms with van der Waals surface area (Å²) in [5.41, 5.74) is -1.14. The Morgan fingerprint density at radius 2 is 1.91 bits per heavy atom. The summed E-state index contributed by atoms with van der Waals surface area (Å²) in [6.45, 7) is 0.703. The van der Waals surface area contributed by atoms with E-state index in [2.05, 4.69) is 20.5 Å². The minimum atomic E-state index is -4.54. The number of anilines is 1. The van der Waals surface area contributed by atoms with Crippen LogP contribution in [0.25, 0.3) is 11.5 Å². The zero-order chi connectivity index (χ0) is 22.9. The molecule has 0 amide bonds. The van der Waals surface area contributed by atoms with Gasteiger partial charge in [0.05, 0.1) is 17.4 Å². The lowest BCUT2D eigenvalue weighted by atomic mass is 10.3. The van der Waals surface area contributed by atoms with Crippen molar-refractivity contribution in [3.63, 3.8) is 0 Å². The Bertz CT molecular complexity index is 1380. The molecule has 0 aliphatic carbocycles. The molecule has 0 atom stereocenters. The van der Waals surface area contributed by atoms with E-state index in [-0.39, 0.29) is 22.2 Å². The van der Waals surface area contributed by atoms with E-state index < -0.39 is 17.3 Å². The number of alkyl halides is 3. The molecule has 0 bridgehead atoms. The first kappa shape index (κ1) is 21.6. The lowest BCUT2D eigenvalue weighted by Crippen LogP contribution is -2.24. The van der Waals surface area contributed by atoms with E-state index in [1.807, 2.05) is 0 Å². The van der Waals surface area contributed by atoms with Crippen molar-refractivity contribution in [3.8, 4) is 5.82 Å². The molecule has 0 aliphatic heterocycles. The number of pyridine rings is 2. The average molecular weight is 466 g/mol. The predicted molar refractivity (Wildman–Crippen MR) is 110 cm³/mol. The number of nitrogens with zero attached hydrogens (tertiary/aromatic N) is 6. The zero-order valence-electron chi connectivity index (χ0n) is 16.3. The van der Waals surface area contributed by atoms with Crippen LogP contribution in [0, 0.1) is 0 Å². The second kappa shape index (κ2) is 8.46. The first-order valence-electron chi connectivity index (χ1n) is 9.35. The highest BCUT2D eigenvalue weighted by Gasteiger charge is 2.30. The second-order valence-corrected chi connectivity index (χ2v) is 7.08. The fourth-order valence-electron chi connectivity index (χ4n) is 2.96. The van der Waals surface area contributed by atoms with Gasteiger partial charge in [0.2, 0.25) is 0 Å². The summed E-state index contributed by atoms with van der Waals surface area (Å²) in [6.07, 6.45) is -0.510. The van der Waals surface area contributed by atoms with Crippen molar-refractivity contribution in [1.29, 1.82) is 0 Å². The van der Waals surface area contributed by atoms with Crippen molar-refractivity contribution >= 4 is 22.9 Å². The normalized spacial score (nSPS) is 11.8. The summed E-state index contributed by atoms with van der Waals surface area (Å²) in [7, 11) is 0. The van der Waals surface area contributed by atoms with Gasteiger partial charge >= 0.3 is 11.9 Å². The summed E-state index contributed by atoms with van der Waals surface area (Å²) < 4.78 is 41.6. The van der Waals surface area contributed by atoms with Crippen LogP contribution in [0.2, 0.25) is 5.02 Å². The molecule has 0 radical (unpaired) electrons. The predicted octanol–water partition coefficient (Wildman–Crippen LogP) is 2.61. The van der Waals surface area contributed by atoms with Crippen LogP contribution in [0.3, 0.4) is 0 Å². The van der Waals surface area contributed by atoms with Crippen molar-refractivity contribution in [2.75, 3.05) is 11.9 Å². The molecule has 0 spiro atoms. The molecule has 0 aliphatic rings. The van der Waals surface area contributed by atoms with Crippen molar-refractivity contribution < 1.29 is 13.2 Å². The van der Waals surface area contributed by atoms with Crippen molar-refractivity contribution in [3.05, 3.63) is 80.3 Å². The van der Waals surface area contributed by atoms with Gasteiger partial charge in [-0.15, -0.1) is 5.10 Å². The first-order valence-corrected chi connectivity index (χ1v) is 9.73. The highest BCUT2D eigenvalue weighted by atomic mass is 35.5. The molecule has 0 fully saturated rings. The summed E-state index contributed by atoms with van der Waals surface area (Å²) in [6, 6.07) is 7.08. The zero-order valence-corrected chi connectivity index (χ0v) is 17.0. The maximum atomic E-state index is 12.7. The van der Waals surface area contributed by atoms with E-state index in [0.29, 0.717) is 31.4 Å². The largest absolute Gasteiger partial charge is 0.417 e. The molecule has 0 saturated carbocycles. The fourth-order valence-corrected chi connectivity index (χ4v) is 3.16. The average Bonchev–Trinajstić information content (AvgIpc) is 3.09. The Morgan fingerprint density at radius 3 is 2.59 bits per heavy atom. The fraction of sp³-hybridized carbons (Fsp3) is 0.211. The quantitative estimate of drug-likeness (QED) is 0.439. The summed E-state index contributed by atoms with van der Waals surface area (Å²) in [4.78, 5) is 28.4. The highest BCUT2D eigenvalue weighted by molar-refractivity contribution is 6.32. The number of hydrogen-bond acceptors (Lipinski definition) is 6. The Morgan fingerprint density at radius 1 is 1.09 bits per heavy atom. The van der Waals surface area contributed by atoms with Gasteiger partial charge in [-0.25, -0.2) is 14.5 Å². The third kappa shape index (κ3) is 4.21. The van der Waals surface area contributed by atoms with Crippen molar-refractivity contribution in [2.45, 2.75) is 19.1 Å². The third-order valence-corrected chi connectivity index (χ3v) is 4.93. The van der Waals surface area contributed by atoms with Crippen LogP contribution in [0.1, 0.15) is 12.0 Å². The number of fused-ring (bicyclic) bond motifs is 1. The van der Waals surface area contributed by atoms with Gasteiger partial charge in [0, 0.05) is 25.5 Å². The van der Waals surface area contributed by atoms with Crippen LogP contribution in [-0.4, -0.2) is 35.5 Å². The van der Waals surface area contributed by atoms with Gasteiger partial charge in [0.15, 0.2) is 11.5 Å². The van der Waals surface area contributed by atoms with Gasteiger partial charge in [0.25, 0.3) is 5.56 Å². The van der Waals surface area contributed by atoms with Crippen LogP contribution >= 0.6 is 11.6 Å². The molecule has 4 aromatic heterocycles. The molecule has 166 valence electrons. The van der Waals surface area contributed by atoms with Gasteiger partial charge in [0.1, 0.15) is 5.02 Å². The van der Waals surface area contributed by atoms with Gasteiger partial charge in [-0.3, -0.25) is 9.20 Å². The van der Waals surface area contributed by atoms with E-state index in [1.54, 1.807) is 24.4 Å². The SMILES string of the molecule is O=c1c(Cl)c(NCCCn2nc3ccccn3c2=O)cnn1-c1ccc(C(F)(F)F)cn1. The third-order valence-electron chi connectivity index (χ3n) is 4.56. The number of hydrogen-bond donors (Lipinski definition) is 1. The molecule has 13 heteroatoms. The molecule has 4 heterocycles. The Kier molecular flexibility index (Phi) is 5.70. The second-order valence-electron chi connectivity index (χ2n) is 6.71. The van der Waals surface area contributed by atoms with E-state index >= 15 is 0 Å². The maximum absolute atomic E-state index is 12.7. The van der Waals surface area contributed by atoms with E-state index in [1.165, 1.54) is 15.3 Å². The van der Waals surface area contributed by atoms with Crippen LogP contribution in [-0.2, 0) is 12.7 Å². The molecule has 0 unspecified atom stereocenters. The number of nitrogens with one attached hydrogen (secondary N) is 1. The Labute approximate surface area is 182 Å². The summed E-state index contributed by atoms with van der Waals surface area (Å²) in [5, 5.41) is 10.9. The van der Waals surface area contributed by atoms with Crippen LogP contribution in [0.4, 0.5) is 18.9 Å². The van der Waals surface area contributed by atoms with Crippen molar-refractivity contribution in [1.82, 2.24) is 28.9 Å². The Balaban J connectivity index is 1.42. The lowest BCUT2D eigenvalue weighted by molar-refractivity contribution is -0.137. The Hall–Kier alpha value is -3.67. The molecule has 9 nitrogen and oxygen atoms in total. The number of rotatable bonds is 6. The minimum absolute atomic E-state index is 0.0947. The summed E-state index contributed by atoms with van der Waals surface area (Å²) >= 11 is 6.11. The maximum Gasteiger partial charge on any atom is 0.417 e. The van der Waals surface area contributed by atoms with Gasteiger partial charge in [-0.1, -0.05) is 17.7 Å². The molecule has 0 aromatic carbocycles. The standard InChI is InChI=1S/C19H15ClF3N7O2/c20-16-13(24-7-3-9-29-18(32)28-8-2-1-4-15(28)27-29)11-26-30(17(16)31)14-6-5-12(10-25-14)19(21,22)23/h1-2,4-6,8,10-11,24H,3,7,9H2. The van der Waals surface area contributed by atoms with Gasteiger partial charge in [-0.2, -0.15) is 23.0 Å². The lowest BCUT2D eigenvalue weighted by Gasteiger charge is -2.10. The molecular formula is C19H15ClF3N7O2. The van der Waals surface area contributed by atoms with E-state index in [4.69, 9.17) is 11.6 Å². The van der Waals surface area contributed by atoms with Crippen LogP contribution in [0.5, 0.6) is 0 Å². The van der Waals surface area contributed by atoms with Gasteiger partial charge < -0.3 is 5.32 Å². The van der Waals surface area contributed by atoms with Crippen LogP contribution in [0.15, 0.2) is 58.5 Å². The summed E-state index contributed by atoms with van der Waals surface area (Å²) in [5.74, 6) is -0.0947. The topological polar surface area (TPSA) is 99.1 Å². The van der Waals surface area contributed by atoms with Crippen LogP contribution < -0.4 is 16.6 Å². The van der Waals surface area contributed by atoms with Crippen molar-refractivity contribution in [2.24, 2.45) is 0 Å². The minimum Gasteiger partial charge on any atom is -0.382 e. The monoisotopic (exact) mass is 465 g/mol. The smallest absolute Gasteiger partial charge is 0.382 e. The number of halogens is 4. The number of aryl methyl sites for hydroxylation is 1. The molecule has 1 N–H and O–H groups in total. The molecule has 4 rings (SSSR count). The highest BCUT2D eigenvalue weighted by Crippen LogP contribution is 2.28.